The maximum absolute atomic E-state index is 13.2. The van der Waals surface area contributed by atoms with Crippen molar-refractivity contribution in [2.45, 2.75) is 34.6 Å². The average Bonchev–Trinajstić information content (AvgIpc) is 3.31. The molecule has 1 aromatic carbocycles. The molecule has 5 nitrogen and oxygen atoms in total. The molecule has 1 N–H and O–H groups in total. The summed E-state index contributed by atoms with van der Waals surface area (Å²) in [5.74, 6) is -2.02. The minimum atomic E-state index is -10.0. The number of benzene rings is 1. The highest BCUT2D eigenvalue weighted by atomic mass is 32.5. The minimum absolute atomic E-state index is 0.000269. The number of rotatable bonds is 5. The lowest BCUT2D eigenvalue weighted by Crippen LogP contribution is -2.54. The first kappa shape index (κ1) is 20.9. The summed E-state index contributed by atoms with van der Waals surface area (Å²) in [6.45, 7) is 0.0288. The van der Waals surface area contributed by atoms with E-state index in [0.717, 1.165) is 24.0 Å². The van der Waals surface area contributed by atoms with Crippen LogP contribution in [-0.2, 0) is 15.6 Å². The molecule has 0 aromatic heterocycles. The quantitative estimate of drug-likeness (QED) is 0.668. The first-order chi connectivity index (χ1) is 12.6. The van der Waals surface area contributed by atoms with Crippen molar-refractivity contribution in [2.75, 3.05) is 17.7 Å². The number of nitrogens with zero attached hydrogens (tertiary/aromatic N) is 2. The SMILES string of the molecule is CS(=O)c1cc(S(F)(F)(F)(F)F)ccc1N1CCC(C2CC2)C1(C#N)C(=O)O. The predicted molar refractivity (Wildman–Crippen MR) is 94.3 cm³/mol. The van der Waals surface area contributed by atoms with Gasteiger partial charge in [0.2, 0.25) is 5.54 Å². The molecule has 0 amide bonds. The van der Waals surface area contributed by atoms with Gasteiger partial charge >= 0.3 is 16.2 Å². The maximum Gasteiger partial charge on any atom is 0.344 e. The van der Waals surface area contributed by atoms with Gasteiger partial charge < -0.3 is 10.0 Å². The van der Waals surface area contributed by atoms with Crippen molar-refractivity contribution in [3.8, 4) is 6.07 Å². The molecular formula is C16H17F5N2O3S2. The van der Waals surface area contributed by atoms with Crippen molar-refractivity contribution in [2.24, 2.45) is 11.8 Å². The summed E-state index contributed by atoms with van der Waals surface area (Å²) in [4.78, 5) is 10.4. The van der Waals surface area contributed by atoms with Crippen LogP contribution in [-0.4, -0.2) is 33.6 Å². The Morgan fingerprint density at radius 2 is 1.89 bits per heavy atom. The molecule has 1 aliphatic heterocycles. The molecule has 3 unspecified atom stereocenters. The van der Waals surface area contributed by atoms with E-state index in [-0.39, 0.29) is 30.3 Å². The lowest BCUT2D eigenvalue weighted by atomic mass is 9.82. The highest BCUT2D eigenvalue weighted by Crippen LogP contribution is 3.02. The lowest BCUT2D eigenvalue weighted by molar-refractivity contribution is -0.142. The maximum atomic E-state index is 13.2. The number of hydrogen-bond acceptors (Lipinski definition) is 4. The van der Waals surface area contributed by atoms with E-state index in [4.69, 9.17) is 0 Å². The molecule has 1 aromatic rings. The summed E-state index contributed by atoms with van der Waals surface area (Å²) in [5.41, 5.74) is -2.26. The Kier molecular flexibility index (Phi) is 4.17. The summed E-state index contributed by atoms with van der Waals surface area (Å²) >= 11 is 0. The Hall–Kier alpha value is -1.87. The normalized spacial score (nSPS) is 28.9. The molecule has 12 heteroatoms. The number of hydrogen-bond donors (Lipinski definition) is 1. The molecule has 2 aliphatic rings. The van der Waals surface area contributed by atoms with Gasteiger partial charge in [0.1, 0.15) is 11.0 Å². The third kappa shape index (κ3) is 3.34. The first-order valence-electron chi connectivity index (χ1n) is 8.25. The monoisotopic (exact) mass is 444 g/mol. The zero-order chi connectivity index (χ0) is 21.2. The molecule has 0 radical (unpaired) electrons. The highest BCUT2D eigenvalue weighted by Gasteiger charge is 2.66. The molecule has 2 fully saturated rings. The van der Waals surface area contributed by atoms with Crippen molar-refractivity contribution in [1.82, 2.24) is 0 Å². The van der Waals surface area contributed by atoms with Crippen LogP contribution in [0.15, 0.2) is 28.0 Å². The largest absolute Gasteiger partial charge is 0.479 e. The van der Waals surface area contributed by atoms with Crippen LogP contribution in [0.2, 0.25) is 0 Å². The second-order valence-electron chi connectivity index (χ2n) is 7.12. The van der Waals surface area contributed by atoms with Crippen molar-refractivity contribution in [3.05, 3.63) is 18.2 Å². The molecular weight excluding hydrogens is 427 g/mol. The van der Waals surface area contributed by atoms with Crippen LogP contribution < -0.4 is 4.90 Å². The van der Waals surface area contributed by atoms with Gasteiger partial charge in [-0.25, -0.2) is 4.79 Å². The van der Waals surface area contributed by atoms with Gasteiger partial charge in [-0.15, -0.1) is 0 Å². The summed E-state index contributed by atoms with van der Waals surface area (Å²) in [5, 5.41) is 19.5. The summed E-state index contributed by atoms with van der Waals surface area (Å²) in [6, 6.07) is 2.73. The van der Waals surface area contributed by atoms with Crippen molar-refractivity contribution < 1.29 is 33.5 Å². The zero-order valence-corrected chi connectivity index (χ0v) is 16.2. The van der Waals surface area contributed by atoms with Crippen LogP contribution in [0.5, 0.6) is 0 Å². The second-order valence-corrected chi connectivity index (χ2v) is 10.9. The summed E-state index contributed by atoms with van der Waals surface area (Å²) in [7, 11) is -12.1. The highest BCUT2D eigenvalue weighted by molar-refractivity contribution is 8.45. The Balaban J connectivity index is 2.19. The van der Waals surface area contributed by atoms with E-state index in [2.05, 4.69) is 0 Å². The van der Waals surface area contributed by atoms with Gasteiger partial charge in [0, 0.05) is 18.7 Å². The number of halogens is 5. The van der Waals surface area contributed by atoms with Crippen LogP contribution in [0.3, 0.4) is 0 Å². The number of nitriles is 1. The van der Waals surface area contributed by atoms with Gasteiger partial charge in [0.25, 0.3) is 0 Å². The molecule has 1 heterocycles. The fourth-order valence-corrected chi connectivity index (χ4v) is 5.40. The molecule has 3 atom stereocenters. The van der Waals surface area contributed by atoms with Gasteiger partial charge in [-0.3, -0.25) is 4.21 Å². The molecule has 0 spiro atoms. The van der Waals surface area contributed by atoms with Crippen molar-refractivity contribution in [1.29, 1.82) is 5.26 Å². The van der Waals surface area contributed by atoms with Gasteiger partial charge in [-0.1, -0.05) is 19.4 Å². The smallest absolute Gasteiger partial charge is 0.344 e. The fourth-order valence-electron chi connectivity index (χ4n) is 3.89. The lowest BCUT2D eigenvalue weighted by Gasteiger charge is -2.41. The predicted octanol–water partition coefficient (Wildman–Crippen LogP) is 4.66. The van der Waals surface area contributed by atoms with Crippen molar-refractivity contribution in [3.63, 3.8) is 0 Å². The molecule has 3 rings (SSSR count). The average molecular weight is 444 g/mol. The van der Waals surface area contributed by atoms with E-state index in [1.165, 1.54) is 0 Å². The van der Waals surface area contributed by atoms with Gasteiger partial charge in [-0.2, -0.15) is 5.26 Å². The first-order valence-corrected chi connectivity index (χ1v) is 11.8. The van der Waals surface area contributed by atoms with E-state index in [1.54, 1.807) is 6.07 Å². The number of carbonyl (C=O) groups is 1. The van der Waals surface area contributed by atoms with E-state index >= 15 is 0 Å². The van der Waals surface area contributed by atoms with Gasteiger partial charge in [0.15, 0.2) is 0 Å². The standard InChI is InChI=1S/C16H17F5N2O3S2/c1-27(26)14-8-11(28(17,18,19,20)21)4-5-13(14)23-7-6-12(10-2-3-10)16(23,9-22)15(24)25/h4-5,8,10,12H,2-3,6-7H2,1H3,(H,24,25). The number of aliphatic carboxylic acids is 1. The number of carboxylic acids is 1. The Morgan fingerprint density at radius 3 is 2.32 bits per heavy atom. The topological polar surface area (TPSA) is 81.4 Å². The van der Waals surface area contributed by atoms with Gasteiger partial charge in [0.05, 0.1) is 21.4 Å². The van der Waals surface area contributed by atoms with E-state index < -0.39 is 48.2 Å². The van der Waals surface area contributed by atoms with Crippen LogP contribution in [0.25, 0.3) is 0 Å². The number of carboxylic acid groups (broad SMARTS) is 1. The summed E-state index contributed by atoms with van der Waals surface area (Å²) in [6.07, 6.45) is 2.80. The zero-order valence-electron chi connectivity index (χ0n) is 14.6. The third-order valence-electron chi connectivity index (χ3n) is 5.29. The second kappa shape index (κ2) is 5.60. The molecule has 28 heavy (non-hydrogen) atoms. The van der Waals surface area contributed by atoms with E-state index in [1.807, 2.05) is 0 Å². The van der Waals surface area contributed by atoms with E-state index in [0.29, 0.717) is 12.5 Å². The van der Waals surface area contributed by atoms with Crippen LogP contribution in [0.1, 0.15) is 19.3 Å². The van der Waals surface area contributed by atoms with E-state index in [9.17, 15) is 38.8 Å². The molecule has 0 bridgehead atoms. The van der Waals surface area contributed by atoms with Crippen LogP contribution in [0, 0.1) is 23.2 Å². The Labute approximate surface area is 160 Å². The molecule has 1 saturated heterocycles. The van der Waals surface area contributed by atoms with Crippen molar-refractivity contribution >= 4 is 32.7 Å². The molecule has 1 saturated carbocycles. The Morgan fingerprint density at radius 1 is 1.29 bits per heavy atom. The molecule has 156 valence electrons. The van der Waals surface area contributed by atoms with Crippen LogP contribution >= 0.6 is 10.2 Å². The van der Waals surface area contributed by atoms with Crippen LogP contribution in [0.4, 0.5) is 25.1 Å². The van der Waals surface area contributed by atoms with Gasteiger partial charge in [-0.05, 0) is 43.4 Å². The minimum Gasteiger partial charge on any atom is -0.479 e. The fraction of sp³-hybridized carbons (Fsp3) is 0.500. The number of anilines is 1. The summed E-state index contributed by atoms with van der Waals surface area (Å²) < 4.78 is 77.9. The molecule has 1 aliphatic carbocycles. The third-order valence-corrected chi connectivity index (χ3v) is 7.38. The Bertz CT molecular complexity index is 927.